The molecule has 6 nitrogen and oxygen atoms in total. The number of aliphatic hydroxyl groups excluding tert-OH is 1. The minimum absolute atomic E-state index is 0.127. The molecule has 0 spiro atoms. The molecular weight excluding hydrogens is 435 g/mol. The molecule has 1 atom stereocenters. The van der Waals surface area contributed by atoms with Gasteiger partial charge in [-0.05, 0) is 43.3 Å². The van der Waals surface area contributed by atoms with Gasteiger partial charge in [0.2, 0.25) is 0 Å². The Hall–Kier alpha value is -4.13. The summed E-state index contributed by atoms with van der Waals surface area (Å²) in [6.45, 7) is 3.12. The number of anilines is 2. The van der Waals surface area contributed by atoms with Gasteiger partial charge >= 0.3 is 0 Å². The van der Waals surface area contributed by atoms with Gasteiger partial charge in [0.25, 0.3) is 11.7 Å². The van der Waals surface area contributed by atoms with Gasteiger partial charge in [0.1, 0.15) is 23.9 Å². The number of carbonyl (C=O) groups is 2. The van der Waals surface area contributed by atoms with Crippen LogP contribution >= 0.6 is 0 Å². The van der Waals surface area contributed by atoms with E-state index in [0.717, 1.165) is 11.3 Å². The molecule has 2 heterocycles. The molecule has 7 heteroatoms. The van der Waals surface area contributed by atoms with Gasteiger partial charge in [0, 0.05) is 23.9 Å². The Morgan fingerprint density at radius 1 is 1.06 bits per heavy atom. The fourth-order valence-electron chi connectivity index (χ4n) is 4.45. The highest BCUT2D eigenvalue weighted by Gasteiger charge is 2.47. The fourth-order valence-corrected chi connectivity index (χ4v) is 4.45. The van der Waals surface area contributed by atoms with Gasteiger partial charge in [-0.15, -0.1) is 0 Å². The number of benzene rings is 3. The number of ketones is 1. The Kier molecular flexibility index (Phi) is 5.32. The lowest BCUT2D eigenvalue weighted by atomic mass is 9.94. The van der Waals surface area contributed by atoms with Crippen LogP contribution in [0.4, 0.5) is 15.8 Å². The second-order valence-corrected chi connectivity index (χ2v) is 8.48. The van der Waals surface area contributed by atoms with Gasteiger partial charge in [0.15, 0.2) is 0 Å². The number of halogens is 1. The smallest absolute Gasteiger partial charge is 0.300 e. The maximum absolute atomic E-state index is 15.0. The van der Waals surface area contributed by atoms with Crippen molar-refractivity contribution in [1.29, 1.82) is 0 Å². The van der Waals surface area contributed by atoms with Crippen LogP contribution in [-0.4, -0.2) is 37.0 Å². The molecule has 0 saturated carbocycles. The topological polar surface area (TPSA) is 70.1 Å². The van der Waals surface area contributed by atoms with Gasteiger partial charge in [-0.1, -0.05) is 35.9 Å². The maximum Gasteiger partial charge on any atom is 0.300 e. The largest absolute Gasteiger partial charge is 0.507 e. The summed E-state index contributed by atoms with van der Waals surface area (Å²) in [4.78, 5) is 29.7. The van der Waals surface area contributed by atoms with E-state index in [1.165, 1.54) is 23.1 Å². The molecule has 2 aliphatic heterocycles. The molecule has 1 fully saturated rings. The zero-order chi connectivity index (χ0) is 24.0. The molecule has 1 unspecified atom stereocenters. The van der Waals surface area contributed by atoms with E-state index in [4.69, 9.17) is 4.74 Å². The molecule has 172 valence electrons. The van der Waals surface area contributed by atoms with Crippen LogP contribution in [0, 0.1) is 12.7 Å². The van der Waals surface area contributed by atoms with E-state index in [9.17, 15) is 19.1 Å². The van der Waals surface area contributed by atoms with E-state index in [1.54, 1.807) is 36.4 Å². The number of fused-ring (bicyclic) bond motifs is 1. The van der Waals surface area contributed by atoms with Crippen molar-refractivity contribution in [3.8, 4) is 5.75 Å². The van der Waals surface area contributed by atoms with Crippen LogP contribution < -0.4 is 14.5 Å². The average Bonchev–Trinajstić information content (AvgIpc) is 3.10. The molecule has 0 aromatic heterocycles. The van der Waals surface area contributed by atoms with Crippen molar-refractivity contribution in [3.63, 3.8) is 0 Å². The number of amides is 1. The van der Waals surface area contributed by atoms with Crippen LogP contribution in [0.1, 0.15) is 22.7 Å². The Bertz CT molecular complexity index is 1330. The van der Waals surface area contributed by atoms with Crippen LogP contribution in [0.15, 0.2) is 72.3 Å². The van der Waals surface area contributed by atoms with Gasteiger partial charge in [-0.3, -0.25) is 14.5 Å². The van der Waals surface area contributed by atoms with E-state index >= 15 is 0 Å². The van der Waals surface area contributed by atoms with Crippen LogP contribution in [0.2, 0.25) is 0 Å². The van der Waals surface area contributed by atoms with Crippen molar-refractivity contribution in [2.24, 2.45) is 0 Å². The number of hydrogen-bond donors (Lipinski definition) is 1. The van der Waals surface area contributed by atoms with Crippen LogP contribution in [0.25, 0.3) is 5.76 Å². The molecule has 1 saturated heterocycles. The molecule has 3 aromatic rings. The number of Topliss-reactive ketones (excluding diaryl/α,β-unsaturated/α-hetero) is 1. The van der Waals surface area contributed by atoms with E-state index in [1.807, 2.05) is 31.0 Å². The zero-order valence-electron chi connectivity index (χ0n) is 18.8. The third kappa shape index (κ3) is 3.50. The molecule has 5 rings (SSSR count). The first kappa shape index (κ1) is 21.7. The Morgan fingerprint density at radius 3 is 2.53 bits per heavy atom. The summed E-state index contributed by atoms with van der Waals surface area (Å²) < 4.78 is 20.7. The summed E-state index contributed by atoms with van der Waals surface area (Å²) >= 11 is 0. The molecule has 34 heavy (non-hydrogen) atoms. The molecule has 0 aliphatic carbocycles. The number of ether oxygens (including phenoxy) is 1. The molecule has 3 aromatic carbocycles. The third-order valence-electron chi connectivity index (χ3n) is 6.28. The lowest BCUT2D eigenvalue weighted by Crippen LogP contribution is -2.29. The highest BCUT2D eigenvalue weighted by atomic mass is 19.1. The second kappa shape index (κ2) is 8.33. The summed E-state index contributed by atoms with van der Waals surface area (Å²) in [6, 6.07) is 17.0. The van der Waals surface area contributed by atoms with Crippen LogP contribution in [0.3, 0.4) is 0 Å². The predicted octanol–water partition coefficient (Wildman–Crippen LogP) is 4.59. The molecule has 2 aliphatic rings. The zero-order valence-corrected chi connectivity index (χ0v) is 18.8. The first-order chi connectivity index (χ1) is 16.4. The fraction of sp³-hybridized carbons (Fsp3) is 0.185. The number of hydrogen-bond acceptors (Lipinski definition) is 5. The van der Waals surface area contributed by atoms with Gasteiger partial charge in [-0.25, -0.2) is 4.39 Å². The Labute approximate surface area is 196 Å². The number of rotatable bonds is 3. The number of aryl methyl sites for hydroxylation is 1. The summed E-state index contributed by atoms with van der Waals surface area (Å²) in [7, 11) is 1.90. The monoisotopic (exact) mass is 458 g/mol. The molecule has 1 N–H and O–H groups in total. The third-order valence-corrected chi connectivity index (χ3v) is 6.28. The molecule has 1 amide bonds. The second-order valence-electron chi connectivity index (χ2n) is 8.48. The number of nitrogens with zero attached hydrogens (tertiary/aromatic N) is 2. The summed E-state index contributed by atoms with van der Waals surface area (Å²) in [5, 5.41) is 11.3. The number of likely N-dealkylation sites (N-methyl/N-ethyl adjacent to an activating group) is 1. The van der Waals surface area contributed by atoms with Crippen molar-refractivity contribution in [1.82, 2.24) is 0 Å². The van der Waals surface area contributed by atoms with Crippen LogP contribution in [-0.2, 0) is 9.59 Å². The first-order valence-corrected chi connectivity index (χ1v) is 11.0. The first-order valence-electron chi connectivity index (χ1n) is 11.0. The lowest BCUT2D eigenvalue weighted by molar-refractivity contribution is -0.132. The Balaban J connectivity index is 1.71. The maximum atomic E-state index is 15.0. The Morgan fingerprint density at radius 2 is 1.79 bits per heavy atom. The average molecular weight is 458 g/mol. The van der Waals surface area contributed by atoms with E-state index in [0.29, 0.717) is 30.2 Å². The summed E-state index contributed by atoms with van der Waals surface area (Å²) in [5.41, 5.74) is 2.49. The SMILES string of the molecule is Cc1ccc(N2C(=O)C(=O)/C(=C(/O)c3ccc4c(c3)N(C)CCO4)C2c2ccccc2F)cc1. The lowest BCUT2D eigenvalue weighted by Gasteiger charge is -2.28. The minimum atomic E-state index is -1.12. The summed E-state index contributed by atoms with van der Waals surface area (Å²) in [5.74, 6) is -1.96. The quantitative estimate of drug-likeness (QED) is 0.353. The van der Waals surface area contributed by atoms with Crippen molar-refractivity contribution in [2.45, 2.75) is 13.0 Å². The number of aliphatic hydroxyl groups is 1. The summed E-state index contributed by atoms with van der Waals surface area (Å²) in [6.07, 6.45) is 0. The van der Waals surface area contributed by atoms with Crippen LogP contribution in [0.5, 0.6) is 5.75 Å². The molecule has 0 radical (unpaired) electrons. The van der Waals surface area contributed by atoms with E-state index < -0.39 is 23.5 Å². The minimum Gasteiger partial charge on any atom is -0.507 e. The highest BCUT2D eigenvalue weighted by molar-refractivity contribution is 6.51. The van der Waals surface area contributed by atoms with Gasteiger partial charge in [-0.2, -0.15) is 0 Å². The van der Waals surface area contributed by atoms with Gasteiger partial charge in [0.05, 0.1) is 23.8 Å². The predicted molar refractivity (Wildman–Crippen MR) is 128 cm³/mol. The normalized spacial score (nSPS) is 19.2. The highest BCUT2D eigenvalue weighted by Crippen LogP contribution is 2.43. The van der Waals surface area contributed by atoms with Crippen molar-refractivity contribution >= 4 is 28.8 Å². The van der Waals surface area contributed by atoms with Gasteiger partial charge < -0.3 is 14.7 Å². The molecule has 0 bridgehead atoms. The standard InChI is InChI=1S/C27H23FN2O4/c1-16-7-10-18(11-8-16)30-24(19-5-3-4-6-20(19)28)23(26(32)27(30)33)25(31)17-9-12-22-21(15-17)29(2)13-14-34-22/h3-12,15,24,31H,13-14H2,1-2H3/b25-23+. The number of carbonyl (C=O) groups excluding carboxylic acids is 2. The van der Waals surface area contributed by atoms with E-state index in [-0.39, 0.29) is 16.9 Å². The van der Waals surface area contributed by atoms with E-state index in [2.05, 4.69) is 0 Å². The van der Waals surface area contributed by atoms with Crippen molar-refractivity contribution in [3.05, 3.63) is 94.8 Å². The van der Waals surface area contributed by atoms with Crippen molar-refractivity contribution in [2.75, 3.05) is 30.0 Å². The molecular formula is C27H23FN2O4. The van der Waals surface area contributed by atoms with Crippen molar-refractivity contribution < 1.29 is 23.8 Å².